The summed E-state index contributed by atoms with van der Waals surface area (Å²) in [6.07, 6.45) is 0. The molecule has 0 aliphatic carbocycles. The van der Waals surface area contributed by atoms with Gasteiger partial charge in [0, 0.05) is 30.2 Å². The number of fused-ring (bicyclic) bond motifs is 1. The van der Waals surface area contributed by atoms with Crippen LogP contribution in [0.1, 0.15) is 5.56 Å². The topological polar surface area (TPSA) is 28.4 Å². The molecule has 3 aromatic rings. The molecular weight excluding hydrogens is 379 g/mol. The first-order valence-corrected chi connectivity index (χ1v) is 8.55. The molecule has 0 bridgehead atoms. The van der Waals surface area contributed by atoms with Crippen molar-refractivity contribution in [2.24, 2.45) is 7.05 Å². The fourth-order valence-electron chi connectivity index (χ4n) is 2.65. The van der Waals surface area contributed by atoms with E-state index < -0.39 is 0 Å². The number of rotatable bonds is 2. The van der Waals surface area contributed by atoms with E-state index in [1.165, 1.54) is 12.1 Å². The summed E-state index contributed by atoms with van der Waals surface area (Å²) in [6.45, 7) is 0. The van der Waals surface area contributed by atoms with Crippen molar-refractivity contribution in [3.8, 4) is 5.75 Å². The van der Waals surface area contributed by atoms with Gasteiger partial charge >= 0.3 is 0 Å². The number of nitrogens with zero attached hydrogens (tertiary/aromatic N) is 2. The number of anilines is 1. The minimum atomic E-state index is -0.332. The first-order chi connectivity index (χ1) is 11.8. The maximum Gasteiger partial charge on any atom is 0.138 e. The lowest BCUT2D eigenvalue weighted by Crippen LogP contribution is -2.26. The second kappa shape index (κ2) is 6.71. The monoisotopic (exact) mass is 392 g/mol. The van der Waals surface area contributed by atoms with Crippen LogP contribution in [0.3, 0.4) is 0 Å². The molecule has 0 radical (unpaired) electrons. The molecule has 0 unspecified atom stereocenters. The summed E-state index contributed by atoms with van der Waals surface area (Å²) < 4.78 is 15.3. The average molecular weight is 393 g/mol. The summed E-state index contributed by atoms with van der Waals surface area (Å²) in [5.41, 5.74) is 1.81. The number of hydrogen-bond donors (Lipinski definition) is 1. The Hall–Kier alpha value is -2.02. The number of halogens is 2. The van der Waals surface area contributed by atoms with Gasteiger partial charge in [-0.2, -0.15) is 0 Å². The Labute approximate surface area is 159 Å². The third-order valence-electron chi connectivity index (χ3n) is 4.06. The lowest BCUT2D eigenvalue weighted by atomic mass is 10.1. The number of aromatic hydroxyl groups is 1. The Morgan fingerprint density at radius 1 is 1.20 bits per heavy atom. The highest BCUT2D eigenvalue weighted by molar-refractivity contribution is 7.81. The number of pyridine rings is 1. The van der Waals surface area contributed by atoms with Gasteiger partial charge in [-0.1, -0.05) is 36.0 Å². The van der Waals surface area contributed by atoms with Gasteiger partial charge in [0.25, 0.3) is 0 Å². The molecule has 0 saturated heterocycles. The van der Waals surface area contributed by atoms with Gasteiger partial charge < -0.3 is 14.6 Å². The lowest BCUT2D eigenvalue weighted by Gasteiger charge is -2.22. The Morgan fingerprint density at radius 3 is 2.48 bits per heavy atom. The molecule has 0 saturated carbocycles. The summed E-state index contributed by atoms with van der Waals surface area (Å²) in [7, 11) is 3.55. The van der Waals surface area contributed by atoms with Crippen LogP contribution >= 0.6 is 36.0 Å². The van der Waals surface area contributed by atoms with E-state index in [0.29, 0.717) is 31.3 Å². The average Bonchev–Trinajstić information content (AvgIpc) is 2.60. The molecule has 25 heavy (non-hydrogen) atoms. The molecule has 3 nitrogen and oxygen atoms in total. The van der Waals surface area contributed by atoms with Crippen LogP contribution < -0.4 is 4.90 Å². The quantitative estimate of drug-likeness (QED) is 0.605. The zero-order chi connectivity index (χ0) is 18.3. The van der Waals surface area contributed by atoms with Crippen LogP contribution in [0.25, 0.3) is 10.9 Å². The zero-order valence-electron chi connectivity index (χ0n) is 13.5. The molecule has 0 spiro atoms. The van der Waals surface area contributed by atoms with Gasteiger partial charge in [-0.15, -0.1) is 0 Å². The van der Waals surface area contributed by atoms with Crippen molar-refractivity contribution in [1.82, 2.24) is 4.57 Å². The highest BCUT2D eigenvalue weighted by Crippen LogP contribution is 2.33. The van der Waals surface area contributed by atoms with E-state index in [1.807, 2.05) is 7.05 Å². The molecular formula is C18H14ClFN2OS2. The summed E-state index contributed by atoms with van der Waals surface area (Å²) in [5, 5.41) is 11.8. The van der Waals surface area contributed by atoms with Crippen LogP contribution in [0.2, 0.25) is 5.02 Å². The summed E-state index contributed by atoms with van der Waals surface area (Å²) in [6, 6.07) is 11.1. The van der Waals surface area contributed by atoms with Gasteiger partial charge in [-0.25, -0.2) is 4.39 Å². The number of benzene rings is 2. The highest BCUT2D eigenvalue weighted by Gasteiger charge is 2.20. The van der Waals surface area contributed by atoms with Crippen molar-refractivity contribution in [3.05, 3.63) is 63.5 Å². The van der Waals surface area contributed by atoms with Gasteiger partial charge in [0.2, 0.25) is 0 Å². The van der Waals surface area contributed by atoms with Gasteiger partial charge in [-0.3, -0.25) is 0 Å². The normalized spacial score (nSPS) is 10.9. The first-order valence-electron chi connectivity index (χ1n) is 7.36. The molecule has 1 aromatic heterocycles. The Morgan fingerprint density at radius 2 is 1.84 bits per heavy atom. The molecule has 0 amide bonds. The van der Waals surface area contributed by atoms with Crippen LogP contribution in [0.4, 0.5) is 10.1 Å². The number of aryl methyl sites for hydroxylation is 1. The zero-order valence-corrected chi connectivity index (χ0v) is 15.8. The summed E-state index contributed by atoms with van der Waals surface area (Å²) in [5.74, 6) is -0.346. The predicted octanol–water partition coefficient (Wildman–Crippen LogP) is 5.22. The number of aromatic nitrogens is 1. The summed E-state index contributed by atoms with van der Waals surface area (Å²) in [4.78, 5) is 2.02. The van der Waals surface area contributed by atoms with Gasteiger partial charge in [0.05, 0.1) is 11.1 Å². The van der Waals surface area contributed by atoms with Crippen LogP contribution in [-0.4, -0.2) is 21.7 Å². The lowest BCUT2D eigenvalue weighted by molar-refractivity contribution is 0.479. The number of thiocarbonyl (C=S) groups is 1. The van der Waals surface area contributed by atoms with Crippen LogP contribution in [0.5, 0.6) is 5.75 Å². The van der Waals surface area contributed by atoms with Gasteiger partial charge in [0.1, 0.15) is 21.2 Å². The van der Waals surface area contributed by atoms with Crippen LogP contribution in [0.15, 0.2) is 42.5 Å². The van der Waals surface area contributed by atoms with E-state index in [0.717, 1.165) is 5.52 Å². The highest BCUT2D eigenvalue weighted by atomic mass is 35.5. The molecule has 1 heterocycles. The molecule has 0 fully saturated rings. The molecule has 1 N–H and O–H groups in total. The fraction of sp³-hybridized carbons (Fsp3) is 0.111. The second-order valence-electron chi connectivity index (χ2n) is 5.59. The van der Waals surface area contributed by atoms with Crippen molar-refractivity contribution in [3.63, 3.8) is 0 Å². The molecule has 2 aromatic carbocycles. The van der Waals surface area contributed by atoms with Crippen molar-refractivity contribution < 1.29 is 9.50 Å². The van der Waals surface area contributed by atoms with E-state index in [9.17, 15) is 9.50 Å². The minimum Gasteiger partial charge on any atom is -0.506 e. The smallest absolute Gasteiger partial charge is 0.138 e. The molecule has 128 valence electrons. The molecule has 3 rings (SSSR count). The number of hydrogen-bond acceptors (Lipinski definition) is 3. The second-order valence-corrected chi connectivity index (χ2v) is 6.80. The van der Waals surface area contributed by atoms with E-state index in [4.69, 9.17) is 36.0 Å². The Balaban J connectivity index is 2.19. The molecule has 0 aliphatic heterocycles. The molecule has 7 heteroatoms. The Bertz CT molecular complexity index is 1050. The predicted molar refractivity (Wildman–Crippen MR) is 107 cm³/mol. The third kappa shape index (κ3) is 3.13. The maximum atomic E-state index is 13.1. The van der Waals surface area contributed by atoms with E-state index >= 15 is 0 Å². The largest absolute Gasteiger partial charge is 0.506 e. The SMILES string of the molecule is CN(C(=S)c1c(O)c2cc(Cl)ccc2n(C)c1=S)c1ccc(F)cc1. The van der Waals surface area contributed by atoms with Crippen LogP contribution in [0, 0.1) is 10.5 Å². The van der Waals surface area contributed by atoms with E-state index in [-0.39, 0.29) is 11.6 Å². The van der Waals surface area contributed by atoms with Crippen LogP contribution in [-0.2, 0) is 7.05 Å². The maximum absolute atomic E-state index is 13.1. The third-order valence-corrected chi connectivity index (χ3v) is 5.25. The van der Waals surface area contributed by atoms with E-state index in [1.54, 1.807) is 46.8 Å². The van der Waals surface area contributed by atoms with Gasteiger partial charge in [0.15, 0.2) is 0 Å². The van der Waals surface area contributed by atoms with Crippen molar-refractivity contribution in [2.45, 2.75) is 0 Å². The van der Waals surface area contributed by atoms with E-state index in [2.05, 4.69) is 0 Å². The summed E-state index contributed by atoms with van der Waals surface area (Å²) >= 11 is 17.1. The van der Waals surface area contributed by atoms with Crippen molar-refractivity contribution in [2.75, 3.05) is 11.9 Å². The molecule has 0 atom stereocenters. The fourth-order valence-corrected chi connectivity index (χ4v) is 3.47. The van der Waals surface area contributed by atoms with Crippen molar-refractivity contribution in [1.29, 1.82) is 0 Å². The minimum absolute atomic E-state index is 0.0143. The first kappa shape index (κ1) is 17.8. The standard InChI is InChI=1S/C18H14ClFN2OS2/c1-21(12-6-4-11(20)5-7-12)17(24)15-16(23)13-9-10(19)3-8-14(13)22(2)18(15)25/h3-9,23H,1-2H3. The van der Waals surface area contributed by atoms with Gasteiger partial charge in [-0.05, 0) is 42.5 Å². The Kier molecular flexibility index (Phi) is 4.77. The molecule has 0 aliphatic rings. The van der Waals surface area contributed by atoms with Crippen molar-refractivity contribution >= 4 is 57.6 Å².